The summed E-state index contributed by atoms with van der Waals surface area (Å²) in [5.74, 6) is -1.25. The topological polar surface area (TPSA) is 90.4 Å². The van der Waals surface area contributed by atoms with E-state index in [2.05, 4.69) is 4.98 Å². The molecule has 0 unspecified atom stereocenters. The number of aromatic carboxylic acids is 1. The summed E-state index contributed by atoms with van der Waals surface area (Å²) in [5.41, 5.74) is -0.00632. The van der Waals surface area contributed by atoms with Gasteiger partial charge in [-0.1, -0.05) is 18.2 Å². The van der Waals surface area contributed by atoms with Crippen LogP contribution in [0.2, 0.25) is 0 Å². The number of rotatable bonds is 2. The van der Waals surface area contributed by atoms with Crippen LogP contribution in [-0.4, -0.2) is 21.2 Å². The van der Waals surface area contributed by atoms with Crippen molar-refractivity contribution in [1.29, 1.82) is 0 Å². The van der Waals surface area contributed by atoms with Gasteiger partial charge < -0.3 is 15.2 Å². The van der Waals surface area contributed by atoms with Gasteiger partial charge in [0.2, 0.25) is 5.56 Å². The fraction of sp³-hybridized carbons (Fsp3) is 0. The molecule has 0 bridgehead atoms. The van der Waals surface area contributed by atoms with Crippen molar-refractivity contribution in [2.75, 3.05) is 0 Å². The maximum atomic E-state index is 11.1. The van der Waals surface area contributed by atoms with Gasteiger partial charge >= 0.3 is 5.97 Å². The van der Waals surface area contributed by atoms with Crippen LogP contribution >= 0.6 is 0 Å². The summed E-state index contributed by atoms with van der Waals surface area (Å²) in [7, 11) is 0. The van der Waals surface area contributed by atoms with Gasteiger partial charge in [-0.2, -0.15) is 0 Å². The third-order valence-electron chi connectivity index (χ3n) is 2.35. The number of pyridine rings is 1. The molecule has 2 aromatic rings. The van der Waals surface area contributed by atoms with Crippen LogP contribution < -0.4 is 5.56 Å². The van der Waals surface area contributed by atoms with Crippen molar-refractivity contribution < 1.29 is 15.0 Å². The number of nitrogens with one attached hydrogen (secondary N) is 1. The summed E-state index contributed by atoms with van der Waals surface area (Å²) in [4.78, 5) is 24.5. The maximum Gasteiger partial charge on any atom is 0.336 e. The average Bonchev–Trinajstić information content (AvgIpc) is 2.30. The van der Waals surface area contributed by atoms with Crippen LogP contribution in [0.25, 0.3) is 11.1 Å². The summed E-state index contributed by atoms with van der Waals surface area (Å²) < 4.78 is 0. The molecule has 1 heterocycles. The molecule has 5 nitrogen and oxygen atoms in total. The van der Waals surface area contributed by atoms with E-state index in [9.17, 15) is 14.7 Å². The van der Waals surface area contributed by atoms with Crippen molar-refractivity contribution in [2.45, 2.75) is 0 Å². The third kappa shape index (κ3) is 2.03. The Morgan fingerprint density at radius 3 is 2.53 bits per heavy atom. The van der Waals surface area contributed by atoms with Crippen LogP contribution in [-0.2, 0) is 0 Å². The number of phenols is 1. The second kappa shape index (κ2) is 4.13. The van der Waals surface area contributed by atoms with Gasteiger partial charge in [0.15, 0.2) is 0 Å². The summed E-state index contributed by atoms with van der Waals surface area (Å²) in [5, 5.41) is 18.7. The predicted molar refractivity (Wildman–Crippen MR) is 61.1 cm³/mol. The molecule has 2 rings (SSSR count). The number of carboxylic acids is 1. The number of aromatic hydroxyl groups is 1. The number of benzene rings is 1. The zero-order chi connectivity index (χ0) is 12.4. The van der Waals surface area contributed by atoms with E-state index < -0.39 is 11.5 Å². The zero-order valence-corrected chi connectivity index (χ0v) is 8.68. The Labute approximate surface area is 96.0 Å². The van der Waals surface area contributed by atoms with Crippen LogP contribution in [0.1, 0.15) is 10.4 Å². The molecule has 1 aromatic heterocycles. The van der Waals surface area contributed by atoms with Crippen LogP contribution in [0.3, 0.4) is 0 Å². The molecule has 0 saturated heterocycles. The highest BCUT2D eigenvalue weighted by atomic mass is 16.4. The van der Waals surface area contributed by atoms with E-state index in [1.807, 2.05) is 0 Å². The number of hydrogen-bond donors (Lipinski definition) is 3. The van der Waals surface area contributed by atoms with Gasteiger partial charge in [0.1, 0.15) is 5.75 Å². The minimum Gasteiger partial charge on any atom is -0.507 e. The summed E-state index contributed by atoms with van der Waals surface area (Å²) in [6.45, 7) is 0. The second-order valence-electron chi connectivity index (χ2n) is 3.45. The second-order valence-corrected chi connectivity index (χ2v) is 3.45. The van der Waals surface area contributed by atoms with E-state index in [4.69, 9.17) is 5.11 Å². The Kier molecular flexibility index (Phi) is 2.66. The number of carbonyl (C=O) groups is 1. The van der Waals surface area contributed by atoms with Crippen molar-refractivity contribution in [1.82, 2.24) is 4.98 Å². The molecular formula is C12H9NO4. The Hall–Kier alpha value is -2.56. The third-order valence-corrected chi connectivity index (χ3v) is 2.35. The number of aromatic amines is 1. The first-order valence-corrected chi connectivity index (χ1v) is 4.84. The monoisotopic (exact) mass is 231 g/mol. The van der Waals surface area contributed by atoms with Gasteiger partial charge in [0.05, 0.1) is 5.56 Å². The molecule has 0 amide bonds. The van der Waals surface area contributed by atoms with Crippen molar-refractivity contribution >= 4 is 5.97 Å². The Morgan fingerprint density at radius 2 is 1.88 bits per heavy atom. The minimum absolute atomic E-state index is 0.0398. The summed E-state index contributed by atoms with van der Waals surface area (Å²) >= 11 is 0. The lowest BCUT2D eigenvalue weighted by Crippen LogP contribution is -2.10. The van der Waals surface area contributed by atoms with Gasteiger partial charge in [-0.05, 0) is 6.07 Å². The number of H-pyrrole nitrogens is 1. The van der Waals surface area contributed by atoms with Crippen molar-refractivity contribution in [3.05, 3.63) is 52.4 Å². The number of carboxylic acid groups (broad SMARTS) is 1. The first-order valence-electron chi connectivity index (χ1n) is 4.84. The van der Waals surface area contributed by atoms with Crippen LogP contribution in [0.4, 0.5) is 0 Å². The fourth-order valence-corrected chi connectivity index (χ4v) is 1.57. The lowest BCUT2D eigenvalue weighted by Gasteiger charge is -2.07. The molecule has 0 spiro atoms. The first-order chi connectivity index (χ1) is 8.09. The van der Waals surface area contributed by atoms with Crippen molar-refractivity contribution in [3.8, 4) is 16.9 Å². The Morgan fingerprint density at radius 1 is 1.18 bits per heavy atom. The van der Waals surface area contributed by atoms with Gasteiger partial charge in [-0.3, -0.25) is 4.79 Å². The number of para-hydroxylation sites is 1. The minimum atomic E-state index is -1.21. The largest absolute Gasteiger partial charge is 0.507 e. The molecule has 17 heavy (non-hydrogen) atoms. The van der Waals surface area contributed by atoms with Gasteiger partial charge in [-0.25, -0.2) is 4.79 Å². The number of hydrogen-bond acceptors (Lipinski definition) is 3. The molecule has 3 N–H and O–H groups in total. The summed E-state index contributed by atoms with van der Waals surface area (Å²) in [6, 6.07) is 7.32. The smallest absolute Gasteiger partial charge is 0.336 e. The molecule has 1 aromatic carbocycles. The van der Waals surface area contributed by atoms with Gasteiger partial charge in [0.25, 0.3) is 0 Å². The van der Waals surface area contributed by atoms with E-state index in [-0.39, 0.29) is 16.9 Å². The molecule has 0 fully saturated rings. The molecule has 0 aliphatic carbocycles. The standard InChI is InChI=1S/C12H9NO4/c14-10-4-2-1-3-7(10)9-6-13-11(15)5-8(9)12(16)17/h1-6,14H,(H,13,15)(H,16,17). The quantitative estimate of drug-likeness (QED) is 0.729. The van der Waals surface area contributed by atoms with E-state index in [1.165, 1.54) is 12.3 Å². The van der Waals surface area contributed by atoms with Gasteiger partial charge in [-0.15, -0.1) is 0 Å². The van der Waals surface area contributed by atoms with Crippen LogP contribution in [0.5, 0.6) is 5.75 Å². The average molecular weight is 231 g/mol. The number of phenolic OH excluding ortho intramolecular Hbond substituents is 1. The van der Waals surface area contributed by atoms with E-state index in [0.717, 1.165) is 6.07 Å². The normalized spacial score (nSPS) is 10.1. The molecule has 0 saturated carbocycles. The highest BCUT2D eigenvalue weighted by Crippen LogP contribution is 2.29. The molecule has 0 atom stereocenters. The van der Waals surface area contributed by atoms with Crippen molar-refractivity contribution in [2.24, 2.45) is 0 Å². The van der Waals surface area contributed by atoms with E-state index in [0.29, 0.717) is 5.56 Å². The lowest BCUT2D eigenvalue weighted by atomic mass is 10.0. The molecule has 5 heteroatoms. The zero-order valence-electron chi connectivity index (χ0n) is 8.68. The Bertz CT molecular complexity index is 630. The highest BCUT2D eigenvalue weighted by Gasteiger charge is 2.14. The fourth-order valence-electron chi connectivity index (χ4n) is 1.57. The molecular weight excluding hydrogens is 222 g/mol. The van der Waals surface area contributed by atoms with E-state index >= 15 is 0 Å². The SMILES string of the molecule is O=C(O)c1cc(=O)[nH]cc1-c1ccccc1O. The number of aromatic nitrogens is 1. The molecule has 86 valence electrons. The molecule has 0 aliphatic heterocycles. The van der Waals surface area contributed by atoms with Crippen LogP contribution in [0, 0.1) is 0 Å². The van der Waals surface area contributed by atoms with Crippen LogP contribution in [0.15, 0.2) is 41.3 Å². The van der Waals surface area contributed by atoms with Gasteiger partial charge in [0, 0.05) is 23.4 Å². The Balaban J connectivity index is 2.72. The van der Waals surface area contributed by atoms with E-state index in [1.54, 1.807) is 18.2 Å². The molecule has 0 aliphatic rings. The lowest BCUT2D eigenvalue weighted by molar-refractivity contribution is 0.0697. The first kappa shape index (κ1) is 10.9. The maximum absolute atomic E-state index is 11.1. The molecule has 0 radical (unpaired) electrons. The predicted octanol–water partition coefficient (Wildman–Crippen LogP) is 1.45. The van der Waals surface area contributed by atoms with Crippen molar-refractivity contribution in [3.63, 3.8) is 0 Å². The highest BCUT2D eigenvalue weighted by molar-refractivity contribution is 5.96. The summed E-state index contributed by atoms with van der Waals surface area (Å²) in [6.07, 6.45) is 1.28.